The highest BCUT2D eigenvalue weighted by Crippen LogP contribution is 2.18. The van der Waals surface area contributed by atoms with Crippen LogP contribution in [0.25, 0.3) is 6.08 Å². The van der Waals surface area contributed by atoms with Crippen LogP contribution in [-0.2, 0) is 14.3 Å². The number of furan rings is 1. The zero-order valence-electron chi connectivity index (χ0n) is 13.4. The van der Waals surface area contributed by atoms with Crippen LogP contribution in [-0.4, -0.2) is 23.4 Å². The Kier molecular flexibility index (Phi) is 6.05. The Balaban J connectivity index is 1.84. The highest BCUT2D eigenvalue weighted by molar-refractivity contribution is 5.90. The molecule has 1 atom stereocenters. The normalized spacial score (nSPS) is 11.9. The van der Waals surface area contributed by atoms with E-state index >= 15 is 0 Å². The minimum Gasteiger partial charge on any atom is -0.467 e. The van der Waals surface area contributed by atoms with E-state index in [9.17, 15) is 19.7 Å². The molecule has 0 aliphatic heterocycles. The molecule has 2 rings (SSSR count). The van der Waals surface area contributed by atoms with Crippen molar-refractivity contribution in [2.45, 2.75) is 13.0 Å². The highest BCUT2D eigenvalue weighted by atomic mass is 16.6. The third-order valence-corrected chi connectivity index (χ3v) is 3.23. The van der Waals surface area contributed by atoms with Crippen molar-refractivity contribution in [3.8, 4) is 0 Å². The zero-order valence-corrected chi connectivity index (χ0v) is 13.4. The summed E-state index contributed by atoms with van der Waals surface area (Å²) in [6.45, 7) is 1.26. The fraction of sp³-hybridized carbons (Fsp3) is 0.176. The monoisotopic (exact) mass is 344 g/mol. The van der Waals surface area contributed by atoms with Crippen LogP contribution in [0.4, 0.5) is 5.69 Å². The summed E-state index contributed by atoms with van der Waals surface area (Å²) in [5.74, 6) is -0.689. The smallest absolute Gasteiger partial charge is 0.331 e. The van der Waals surface area contributed by atoms with Gasteiger partial charge in [0.05, 0.1) is 22.8 Å². The quantitative estimate of drug-likeness (QED) is 0.358. The van der Waals surface area contributed by atoms with Gasteiger partial charge in [0.1, 0.15) is 5.76 Å². The number of nitro benzene ring substituents is 1. The van der Waals surface area contributed by atoms with Gasteiger partial charge in [-0.15, -0.1) is 0 Å². The predicted octanol–water partition coefficient (Wildman–Crippen LogP) is 2.62. The van der Waals surface area contributed by atoms with Gasteiger partial charge in [0.2, 0.25) is 0 Å². The standard InChI is InChI=1S/C17H16N2O6/c1-12(15-7-4-10-24-15)18-16(20)11-25-17(21)9-8-13-5-2-3-6-14(13)19(22)23/h2-10,12H,11H2,1H3,(H,18,20)/b9-8+/t12-/m0/s1. The van der Waals surface area contributed by atoms with Crippen molar-refractivity contribution in [3.63, 3.8) is 0 Å². The van der Waals surface area contributed by atoms with Crippen molar-refractivity contribution >= 4 is 23.6 Å². The fourth-order valence-electron chi connectivity index (χ4n) is 2.03. The number of carbonyl (C=O) groups excluding carboxylic acids is 2. The minimum absolute atomic E-state index is 0.128. The average molecular weight is 344 g/mol. The summed E-state index contributed by atoms with van der Waals surface area (Å²) in [7, 11) is 0. The van der Waals surface area contributed by atoms with E-state index in [1.54, 1.807) is 25.1 Å². The van der Waals surface area contributed by atoms with Gasteiger partial charge in [-0.1, -0.05) is 12.1 Å². The van der Waals surface area contributed by atoms with E-state index in [1.807, 2.05) is 0 Å². The van der Waals surface area contributed by atoms with Crippen LogP contribution in [0.2, 0.25) is 0 Å². The largest absolute Gasteiger partial charge is 0.467 e. The van der Waals surface area contributed by atoms with E-state index in [-0.39, 0.29) is 17.3 Å². The Hall–Kier alpha value is -3.42. The maximum Gasteiger partial charge on any atom is 0.331 e. The Bertz CT molecular complexity index is 782. The number of nitrogens with one attached hydrogen (secondary N) is 1. The molecule has 0 spiro atoms. The molecule has 0 saturated heterocycles. The molecule has 1 N–H and O–H groups in total. The van der Waals surface area contributed by atoms with E-state index in [0.717, 1.165) is 6.08 Å². The van der Waals surface area contributed by atoms with E-state index in [1.165, 1.54) is 30.5 Å². The Morgan fingerprint density at radius 1 is 1.32 bits per heavy atom. The molecule has 0 unspecified atom stereocenters. The first-order valence-corrected chi connectivity index (χ1v) is 7.38. The molecule has 8 heteroatoms. The summed E-state index contributed by atoms with van der Waals surface area (Å²) < 4.78 is 9.96. The molecular weight excluding hydrogens is 328 g/mol. The number of para-hydroxylation sites is 1. The number of nitro groups is 1. The topological polar surface area (TPSA) is 112 Å². The van der Waals surface area contributed by atoms with Crippen LogP contribution in [0.1, 0.15) is 24.3 Å². The molecule has 130 valence electrons. The molecular formula is C17H16N2O6. The van der Waals surface area contributed by atoms with Crippen LogP contribution in [0.5, 0.6) is 0 Å². The van der Waals surface area contributed by atoms with Gasteiger partial charge in [0.15, 0.2) is 6.61 Å². The van der Waals surface area contributed by atoms with Crippen LogP contribution < -0.4 is 5.32 Å². The van der Waals surface area contributed by atoms with Gasteiger partial charge in [-0.25, -0.2) is 4.79 Å². The second-order valence-corrected chi connectivity index (χ2v) is 5.06. The van der Waals surface area contributed by atoms with Gasteiger partial charge in [-0.2, -0.15) is 0 Å². The molecule has 1 aromatic heterocycles. The van der Waals surface area contributed by atoms with Gasteiger partial charge in [-0.3, -0.25) is 14.9 Å². The molecule has 0 radical (unpaired) electrons. The Morgan fingerprint density at radius 3 is 2.76 bits per heavy atom. The van der Waals surface area contributed by atoms with E-state index in [2.05, 4.69) is 5.32 Å². The second-order valence-electron chi connectivity index (χ2n) is 5.06. The molecule has 25 heavy (non-hydrogen) atoms. The molecule has 1 amide bonds. The molecule has 0 aliphatic rings. The number of nitrogens with zero attached hydrogens (tertiary/aromatic N) is 1. The van der Waals surface area contributed by atoms with Crippen molar-refractivity contribution in [1.29, 1.82) is 0 Å². The second kappa shape index (κ2) is 8.44. The molecule has 0 saturated carbocycles. The lowest BCUT2D eigenvalue weighted by molar-refractivity contribution is -0.385. The van der Waals surface area contributed by atoms with Gasteiger partial charge in [0.25, 0.3) is 11.6 Å². The third-order valence-electron chi connectivity index (χ3n) is 3.23. The summed E-state index contributed by atoms with van der Waals surface area (Å²) in [5.41, 5.74) is 0.136. The molecule has 1 heterocycles. The summed E-state index contributed by atoms with van der Waals surface area (Å²) >= 11 is 0. The minimum atomic E-state index is -0.779. The number of hydrogen-bond donors (Lipinski definition) is 1. The first-order chi connectivity index (χ1) is 12.0. The number of benzene rings is 1. The summed E-state index contributed by atoms with van der Waals surface area (Å²) in [6.07, 6.45) is 3.79. The third kappa shape index (κ3) is 5.31. The first kappa shape index (κ1) is 17.9. The lowest BCUT2D eigenvalue weighted by Crippen LogP contribution is -2.30. The first-order valence-electron chi connectivity index (χ1n) is 7.38. The number of carbonyl (C=O) groups is 2. The number of hydrogen-bond acceptors (Lipinski definition) is 6. The van der Waals surface area contributed by atoms with Gasteiger partial charge in [-0.05, 0) is 31.2 Å². The Morgan fingerprint density at radius 2 is 2.08 bits per heavy atom. The fourth-order valence-corrected chi connectivity index (χ4v) is 2.03. The van der Waals surface area contributed by atoms with Crippen LogP contribution in [0.15, 0.2) is 53.2 Å². The molecule has 2 aromatic rings. The van der Waals surface area contributed by atoms with Crippen molar-refractivity contribution in [2.24, 2.45) is 0 Å². The molecule has 0 bridgehead atoms. The maximum atomic E-state index is 11.7. The van der Waals surface area contributed by atoms with Crippen LogP contribution in [0.3, 0.4) is 0 Å². The van der Waals surface area contributed by atoms with Gasteiger partial charge in [0, 0.05) is 12.1 Å². The van der Waals surface area contributed by atoms with E-state index in [0.29, 0.717) is 5.76 Å². The van der Waals surface area contributed by atoms with E-state index < -0.39 is 23.4 Å². The number of esters is 1. The number of ether oxygens (including phenoxy) is 1. The zero-order chi connectivity index (χ0) is 18.2. The molecule has 0 aliphatic carbocycles. The van der Waals surface area contributed by atoms with Crippen molar-refractivity contribution in [3.05, 3.63) is 70.2 Å². The molecule has 0 fully saturated rings. The molecule has 1 aromatic carbocycles. The van der Waals surface area contributed by atoms with Crippen LogP contribution in [0, 0.1) is 10.1 Å². The number of rotatable bonds is 7. The SMILES string of the molecule is C[C@H](NC(=O)COC(=O)/C=C/c1ccccc1[N+](=O)[O-])c1ccco1. The van der Waals surface area contributed by atoms with Crippen molar-refractivity contribution in [2.75, 3.05) is 6.61 Å². The van der Waals surface area contributed by atoms with Gasteiger partial charge < -0.3 is 14.5 Å². The highest BCUT2D eigenvalue weighted by Gasteiger charge is 2.13. The van der Waals surface area contributed by atoms with Crippen LogP contribution >= 0.6 is 0 Å². The van der Waals surface area contributed by atoms with E-state index in [4.69, 9.17) is 9.15 Å². The lowest BCUT2D eigenvalue weighted by atomic mass is 10.1. The number of amides is 1. The van der Waals surface area contributed by atoms with Gasteiger partial charge >= 0.3 is 5.97 Å². The summed E-state index contributed by atoms with van der Waals surface area (Å²) in [4.78, 5) is 33.7. The average Bonchev–Trinajstić information content (AvgIpc) is 3.13. The Labute approximate surface area is 143 Å². The van der Waals surface area contributed by atoms with Crippen molar-refractivity contribution in [1.82, 2.24) is 5.32 Å². The molecule has 8 nitrogen and oxygen atoms in total. The van der Waals surface area contributed by atoms with Crippen molar-refractivity contribution < 1.29 is 23.7 Å². The summed E-state index contributed by atoms with van der Waals surface area (Å²) in [5, 5.41) is 13.5. The maximum absolute atomic E-state index is 11.7. The lowest BCUT2D eigenvalue weighted by Gasteiger charge is -2.11. The summed E-state index contributed by atoms with van der Waals surface area (Å²) in [6, 6.07) is 9.02. The predicted molar refractivity (Wildman–Crippen MR) is 88.4 cm³/mol.